The summed E-state index contributed by atoms with van der Waals surface area (Å²) in [5, 5.41) is 15.6. The maximum absolute atomic E-state index is 12.5. The van der Waals surface area contributed by atoms with Gasteiger partial charge in [0.25, 0.3) is 11.6 Å². The number of furan rings is 1. The molecular formula is C18H13BrN2O6S. The van der Waals surface area contributed by atoms with Crippen LogP contribution in [0.15, 0.2) is 50.9 Å². The van der Waals surface area contributed by atoms with Crippen molar-refractivity contribution in [3.05, 3.63) is 67.9 Å². The maximum Gasteiger partial charge on any atom is 0.341 e. The largest absolute Gasteiger partial charge is 0.462 e. The third-order valence-electron chi connectivity index (χ3n) is 3.66. The molecule has 0 aliphatic heterocycles. The second kappa shape index (κ2) is 8.36. The molecule has 0 spiro atoms. The molecule has 0 bridgehead atoms. The number of nitrogens with one attached hydrogen (secondary N) is 1. The van der Waals surface area contributed by atoms with E-state index in [0.29, 0.717) is 15.8 Å². The summed E-state index contributed by atoms with van der Waals surface area (Å²) in [7, 11) is 0. The number of amides is 1. The van der Waals surface area contributed by atoms with E-state index in [-0.39, 0.29) is 28.6 Å². The summed E-state index contributed by atoms with van der Waals surface area (Å²) in [5.41, 5.74) is 0.925. The number of nitro benzene ring substituents is 1. The fraction of sp³-hybridized carbons (Fsp3) is 0.111. The van der Waals surface area contributed by atoms with Gasteiger partial charge in [-0.1, -0.05) is 12.1 Å². The number of anilines is 1. The molecule has 0 aliphatic rings. The van der Waals surface area contributed by atoms with Gasteiger partial charge in [0.1, 0.15) is 10.6 Å². The highest BCUT2D eigenvalue weighted by molar-refractivity contribution is 9.10. The third-order valence-corrected chi connectivity index (χ3v) is 4.98. The van der Waals surface area contributed by atoms with Crippen molar-refractivity contribution in [3.63, 3.8) is 0 Å². The summed E-state index contributed by atoms with van der Waals surface area (Å²) in [5.74, 6) is -1.11. The average Bonchev–Trinajstić information content (AvgIpc) is 3.28. The molecule has 0 saturated heterocycles. The molecule has 3 rings (SSSR count). The molecule has 2 aromatic heterocycles. The number of hydrogen-bond acceptors (Lipinski definition) is 7. The van der Waals surface area contributed by atoms with Gasteiger partial charge in [-0.3, -0.25) is 14.9 Å². The number of esters is 1. The lowest BCUT2D eigenvalue weighted by molar-refractivity contribution is -0.384. The summed E-state index contributed by atoms with van der Waals surface area (Å²) in [4.78, 5) is 35.5. The van der Waals surface area contributed by atoms with E-state index in [2.05, 4.69) is 21.2 Å². The van der Waals surface area contributed by atoms with Crippen LogP contribution in [0, 0.1) is 10.1 Å². The number of nitro groups is 1. The molecule has 0 fully saturated rings. The van der Waals surface area contributed by atoms with E-state index in [1.165, 1.54) is 24.3 Å². The van der Waals surface area contributed by atoms with Crippen molar-refractivity contribution in [2.75, 3.05) is 11.9 Å². The minimum atomic E-state index is -0.638. The zero-order valence-corrected chi connectivity index (χ0v) is 16.8. The molecule has 0 unspecified atom stereocenters. The molecule has 28 heavy (non-hydrogen) atoms. The molecule has 0 atom stereocenters. The Morgan fingerprint density at radius 3 is 2.75 bits per heavy atom. The summed E-state index contributed by atoms with van der Waals surface area (Å²) < 4.78 is 10.7. The number of non-ortho nitro benzene ring substituents is 1. The van der Waals surface area contributed by atoms with Crippen LogP contribution in [0.5, 0.6) is 0 Å². The van der Waals surface area contributed by atoms with Crippen LogP contribution in [-0.2, 0) is 4.74 Å². The van der Waals surface area contributed by atoms with Crippen molar-refractivity contribution >= 4 is 49.8 Å². The molecule has 1 N–H and O–H groups in total. The van der Waals surface area contributed by atoms with Crippen LogP contribution < -0.4 is 5.32 Å². The van der Waals surface area contributed by atoms with Crippen LogP contribution in [0.1, 0.15) is 27.8 Å². The fourth-order valence-corrected chi connectivity index (χ4v) is 3.72. The normalized spacial score (nSPS) is 10.5. The quantitative estimate of drug-likeness (QED) is 0.308. The van der Waals surface area contributed by atoms with Gasteiger partial charge in [-0.15, -0.1) is 11.3 Å². The van der Waals surface area contributed by atoms with E-state index in [9.17, 15) is 19.7 Å². The molecule has 10 heteroatoms. The van der Waals surface area contributed by atoms with Crippen LogP contribution in [0.4, 0.5) is 10.7 Å². The van der Waals surface area contributed by atoms with E-state index in [1.54, 1.807) is 24.4 Å². The van der Waals surface area contributed by atoms with Crippen molar-refractivity contribution in [2.45, 2.75) is 6.92 Å². The van der Waals surface area contributed by atoms with Gasteiger partial charge in [0.05, 0.1) is 11.5 Å². The maximum atomic E-state index is 12.5. The SMILES string of the molecule is CCOC(=O)c1c(-c2cccc([N+](=O)[O-])c2)csc1NC(=O)c1ccc(Br)o1. The van der Waals surface area contributed by atoms with E-state index >= 15 is 0 Å². The Bertz CT molecular complexity index is 1060. The summed E-state index contributed by atoms with van der Waals surface area (Å²) in [6.07, 6.45) is 0. The number of carbonyl (C=O) groups is 2. The molecule has 2 heterocycles. The first kappa shape index (κ1) is 19.8. The van der Waals surface area contributed by atoms with Gasteiger partial charge < -0.3 is 14.5 Å². The van der Waals surface area contributed by atoms with Crippen molar-refractivity contribution in [2.24, 2.45) is 0 Å². The second-order valence-corrected chi connectivity index (χ2v) is 7.10. The number of ether oxygens (including phenoxy) is 1. The Hall–Kier alpha value is -2.98. The van der Waals surface area contributed by atoms with E-state index in [1.807, 2.05) is 0 Å². The monoisotopic (exact) mass is 464 g/mol. The minimum Gasteiger partial charge on any atom is -0.462 e. The lowest BCUT2D eigenvalue weighted by atomic mass is 10.0. The van der Waals surface area contributed by atoms with Gasteiger partial charge in [0.15, 0.2) is 10.4 Å². The van der Waals surface area contributed by atoms with E-state index < -0.39 is 16.8 Å². The molecule has 1 amide bonds. The molecule has 1 aromatic carbocycles. The highest BCUT2D eigenvalue weighted by Gasteiger charge is 2.24. The van der Waals surface area contributed by atoms with E-state index in [0.717, 1.165) is 11.3 Å². The summed E-state index contributed by atoms with van der Waals surface area (Å²) in [6, 6.07) is 8.95. The first-order valence-electron chi connectivity index (χ1n) is 8.00. The number of nitrogens with zero attached hydrogens (tertiary/aromatic N) is 1. The number of carbonyl (C=O) groups excluding carboxylic acids is 2. The molecule has 0 saturated carbocycles. The zero-order valence-electron chi connectivity index (χ0n) is 14.4. The fourth-order valence-electron chi connectivity index (χ4n) is 2.46. The molecule has 0 radical (unpaired) electrons. The van der Waals surface area contributed by atoms with Gasteiger partial charge >= 0.3 is 5.97 Å². The Morgan fingerprint density at radius 2 is 2.11 bits per heavy atom. The van der Waals surface area contributed by atoms with Gasteiger partial charge in [0, 0.05) is 23.1 Å². The number of rotatable bonds is 6. The van der Waals surface area contributed by atoms with Crippen LogP contribution in [-0.4, -0.2) is 23.4 Å². The topological polar surface area (TPSA) is 112 Å². The Labute approximate surface area is 171 Å². The molecule has 0 aliphatic carbocycles. The van der Waals surface area contributed by atoms with Gasteiger partial charge in [-0.2, -0.15) is 0 Å². The molecular weight excluding hydrogens is 452 g/mol. The summed E-state index contributed by atoms with van der Waals surface area (Å²) in [6.45, 7) is 1.80. The highest BCUT2D eigenvalue weighted by atomic mass is 79.9. The predicted octanol–water partition coefficient (Wildman–Crippen LogP) is 5.11. The van der Waals surface area contributed by atoms with Gasteiger partial charge in [0.2, 0.25) is 0 Å². The van der Waals surface area contributed by atoms with Crippen molar-refractivity contribution < 1.29 is 23.7 Å². The lowest BCUT2D eigenvalue weighted by Crippen LogP contribution is -2.14. The second-order valence-electron chi connectivity index (χ2n) is 5.44. The van der Waals surface area contributed by atoms with Crippen LogP contribution in [0.3, 0.4) is 0 Å². The van der Waals surface area contributed by atoms with Crippen molar-refractivity contribution in [3.8, 4) is 11.1 Å². The standard InChI is InChI=1S/C18H13BrN2O6S/c1-2-26-18(23)15-12(10-4-3-5-11(8-10)21(24)25)9-28-17(15)20-16(22)13-6-7-14(19)27-13/h3-9H,2H2,1H3,(H,20,22). The highest BCUT2D eigenvalue weighted by Crippen LogP contribution is 2.37. The van der Waals surface area contributed by atoms with Crippen LogP contribution in [0.2, 0.25) is 0 Å². The number of hydrogen-bond donors (Lipinski definition) is 1. The van der Waals surface area contributed by atoms with Crippen molar-refractivity contribution in [1.82, 2.24) is 0 Å². The lowest BCUT2D eigenvalue weighted by Gasteiger charge is -2.08. The smallest absolute Gasteiger partial charge is 0.341 e. The van der Waals surface area contributed by atoms with Crippen molar-refractivity contribution in [1.29, 1.82) is 0 Å². The average molecular weight is 465 g/mol. The first-order chi connectivity index (χ1) is 13.4. The van der Waals surface area contributed by atoms with E-state index in [4.69, 9.17) is 9.15 Å². The Morgan fingerprint density at radius 1 is 1.32 bits per heavy atom. The zero-order chi connectivity index (χ0) is 20.3. The predicted molar refractivity (Wildman–Crippen MR) is 107 cm³/mol. The number of benzene rings is 1. The number of halogens is 1. The van der Waals surface area contributed by atoms with Crippen LogP contribution >= 0.6 is 27.3 Å². The van der Waals surface area contributed by atoms with Gasteiger partial charge in [-0.05, 0) is 40.5 Å². The van der Waals surface area contributed by atoms with Crippen LogP contribution in [0.25, 0.3) is 11.1 Å². The molecule has 3 aromatic rings. The van der Waals surface area contributed by atoms with Gasteiger partial charge in [-0.25, -0.2) is 4.79 Å². The molecule has 144 valence electrons. The summed E-state index contributed by atoms with van der Waals surface area (Å²) >= 11 is 4.24. The minimum absolute atomic E-state index is 0.0620. The Kier molecular flexibility index (Phi) is 5.90. The molecule has 8 nitrogen and oxygen atoms in total. The Balaban J connectivity index is 2.02. The number of thiophene rings is 1. The first-order valence-corrected chi connectivity index (χ1v) is 9.68. The third kappa shape index (κ3) is 4.12.